The summed E-state index contributed by atoms with van der Waals surface area (Å²) in [4.78, 5) is 7.04. The summed E-state index contributed by atoms with van der Waals surface area (Å²) in [7, 11) is 1.57. The molecule has 0 aliphatic carbocycles. The van der Waals surface area contributed by atoms with Crippen LogP contribution in [0, 0.1) is 0 Å². The van der Waals surface area contributed by atoms with E-state index < -0.39 is 0 Å². The van der Waals surface area contributed by atoms with E-state index in [-0.39, 0.29) is 0 Å². The van der Waals surface area contributed by atoms with Crippen LogP contribution in [0.4, 0.5) is 0 Å². The minimum Gasteiger partial charge on any atom is -0.399 e. The van der Waals surface area contributed by atoms with Crippen molar-refractivity contribution in [2.24, 2.45) is 5.16 Å². The van der Waals surface area contributed by atoms with E-state index in [4.69, 9.17) is 0 Å². The van der Waals surface area contributed by atoms with Gasteiger partial charge in [-0.15, -0.1) is 0 Å². The molecule has 78 valence electrons. The molecule has 0 amide bonds. The molecule has 3 heteroatoms. The molecule has 0 saturated carbocycles. The van der Waals surface area contributed by atoms with Gasteiger partial charge in [0.25, 0.3) is 0 Å². The van der Waals surface area contributed by atoms with Gasteiger partial charge >= 0.3 is 0 Å². The molecule has 0 aromatic rings. The lowest BCUT2D eigenvalue weighted by atomic mass is 10.1. The molecule has 1 aliphatic heterocycles. The maximum Gasteiger partial charge on any atom is 0.106 e. The second kappa shape index (κ2) is 6.38. The highest BCUT2D eigenvalue weighted by Gasteiger charge is 2.09. The Morgan fingerprint density at radius 1 is 1.64 bits per heavy atom. The Morgan fingerprint density at radius 2 is 2.50 bits per heavy atom. The number of oxime groups is 1. The zero-order valence-electron chi connectivity index (χ0n) is 8.94. The van der Waals surface area contributed by atoms with E-state index in [1.165, 1.54) is 5.57 Å². The minimum absolute atomic E-state index is 0.969. The normalized spacial score (nSPS) is 19.1. The summed E-state index contributed by atoms with van der Waals surface area (Å²) in [6, 6.07) is 0. The molecule has 3 nitrogen and oxygen atoms in total. The van der Waals surface area contributed by atoms with Gasteiger partial charge in [0, 0.05) is 19.6 Å². The molecular formula is C11H18N2O. The second-order valence-electron chi connectivity index (χ2n) is 3.29. The van der Waals surface area contributed by atoms with E-state index in [2.05, 4.69) is 33.1 Å². The molecule has 0 radical (unpaired) electrons. The first kappa shape index (κ1) is 11.0. The topological polar surface area (TPSA) is 24.8 Å². The van der Waals surface area contributed by atoms with Crippen molar-refractivity contribution in [2.75, 3.05) is 26.7 Å². The van der Waals surface area contributed by atoms with E-state index in [1.807, 2.05) is 6.92 Å². The molecule has 0 aromatic heterocycles. The molecule has 14 heavy (non-hydrogen) atoms. The summed E-state index contributed by atoms with van der Waals surface area (Å²) in [6.07, 6.45) is 9.37. The molecule has 0 fully saturated rings. The lowest BCUT2D eigenvalue weighted by Gasteiger charge is -2.24. The Hall–Kier alpha value is -1.09. The molecule has 1 rings (SSSR count). The van der Waals surface area contributed by atoms with Crippen LogP contribution in [0.5, 0.6) is 0 Å². The van der Waals surface area contributed by atoms with Crippen LogP contribution >= 0.6 is 0 Å². The van der Waals surface area contributed by atoms with Crippen molar-refractivity contribution in [1.29, 1.82) is 0 Å². The van der Waals surface area contributed by atoms with Gasteiger partial charge in [0.15, 0.2) is 0 Å². The number of nitrogens with zero attached hydrogens (tertiary/aromatic N) is 2. The Kier molecular flexibility index (Phi) is 5.00. The summed E-state index contributed by atoms with van der Waals surface area (Å²) >= 11 is 0. The highest BCUT2D eigenvalue weighted by Crippen LogP contribution is 2.07. The minimum atomic E-state index is 0.969. The predicted molar refractivity (Wildman–Crippen MR) is 59.5 cm³/mol. The molecule has 0 unspecified atom stereocenters. The van der Waals surface area contributed by atoms with Gasteiger partial charge in [0.2, 0.25) is 0 Å². The molecular weight excluding hydrogens is 176 g/mol. The predicted octanol–water partition coefficient (Wildman–Crippen LogP) is 1.83. The Labute approximate surface area is 85.7 Å². The molecule has 0 bridgehead atoms. The van der Waals surface area contributed by atoms with Crippen molar-refractivity contribution in [3.8, 4) is 0 Å². The molecule has 0 saturated heterocycles. The quantitative estimate of drug-likeness (QED) is 0.387. The van der Waals surface area contributed by atoms with Gasteiger partial charge in [-0.25, -0.2) is 0 Å². The van der Waals surface area contributed by atoms with Crippen LogP contribution in [0.15, 0.2) is 29.0 Å². The van der Waals surface area contributed by atoms with Crippen molar-refractivity contribution in [3.63, 3.8) is 0 Å². The molecule has 1 heterocycles. The fourth-order valence-corrected chi connectivity index (χ4v) is 1.46. The summed E-state index contributed by atoms with van der Waals surface area (Å²) in [5, 5.41) is 3.77. The van der Waals surface area contributed by atoms with Crippen LogP contribution in [0.1, 0.15) is 13.3 Å². The maximum absolute atomic E-state index is 4.66. The van der Waals surface area contributed by atoms with Crippen molar-refractivity contribution in [2.45, 2.75) is 13.3 Å². The lowest BCUT2D eigenvalue weighted by Crippen LogP contribution is -2.30. The highest BCUT2D eigenvalue weighted by atomic mass is 16.6. The van der Waals surface area contributed by atoms with Crippen molar-refractivity contribution < 1.29 is 4.84 Å². The van der Waals surface area contributed by atoms with Gasteiger partial charge in [-0.1, -0.05) is 23.4 Å². The largest absolute Gasteiger partial charge is 0.399 e. The van der Waals surface area contributed by atoms with Gasteiger partial charge in [-0.05, 0) is 18.9 Å². The standard InChI is InChI=1S/C11H18N2O/c1-3-4-7-13-8-5-6-11(10-13)9-12-14-2/h3-4,6,9H,5,7-8,10H2,1-2H3/b4-3+,12-9+. The molecule has 0 aromatic carbocycles. The molecule has 0 spiro atoms. The summed E-state index contributed by atoms with van der Waals surface area (Å²) in [5.41, 5.74) is 1.24. The molecule has 0 atom stereocenters. The Morgan fingerprint density at radius 3 is 3.21 bits per heavy atom. The molecule has 0 N–H and O–H groups in total. The lowest BCUT2D eigenvalue weighted by molar-refractivity contribution is 0.215. The van der Waals surface area contributed by atoms with Crippen molar-refractivity contribution in [1.82, 2.24) is 4.90 Å². The smallest absolute Gasteiger partial charge is 0.106 e. The first-order valence-electron chi connectivity index (χ1n) is 4.96. The van der Waals surface area contributed by atoms with Gasteiger partial charge in [0.05, 0.1) is 6.21 Å². The van der Waals surface area contributed by atoms with Gasteiger partial charge in [-0.2, -0.15) is 0 Å². The summed E-state index contributed by atoms with van der Waals surface area (Å²) in [5.74, 6) is 0. The van der Waals surface area contributed by atoms with Crippen LogP contribution in [0.2, 0.25) is 0 Å². The van der Waals surface area contributed by atoms with Crippen LogP contribution in [0.25, 0.3) is 0 Å². The van der Waals surface area contributed by atoms with E-state index in [0.717, 1.165) is 26.1 Å². The number of hydrogen-bond donors (Lipinski definition) is 0. The SMILES string of the molecule is C/C=C/CN1CCC=C(/C=N/OC)C1. The number of allylic oxidation sites excluding steroid dienone is 1. The van der Waals surface area contributed by atoms with Gasteiger partial charge in [-0.3, -0.25) is 4.90 Å². The third kappa shape index (κ3) is 3.75. The second-order valence-corrected chi connectivity index (χ2v) is 3.29. The fraction of sp³-hybridized carbons (Fsp3) is 0.545. The Balaban J connectivity index is 2.41. The van der Waals surface area contributed by atoms with Crippen LogP contribution in [-0.2, 0) is 4.84 Å². The maximum atomic E-state index is 4.66. The zero-order valence-corrected chi connectivity index (χ0v) is 8.94. The van der Waals surface area contributed by atoms with Crippen LogP contribution in [-0.4, -0.2) is 37.9 Å². The van der Waals surface area contributed by atoms with E-state index in [0.29, 0.717) is 0 Å². The van der Waals surface area contributed by atoms with Crippen molar-refractivity contribution >= 4 is 6.21 Å². The summed E-state index contributed by atoms with van der Waals surface area (Å²) in [6.45, 7) is 5.17. The van der Waals surface area contributed by atoms with E-state index in [1.54, 1.807) is 13.3 Å². The first-order valence-corrected chi connectivity index (χ1v) is 4.96. The third-order valence-corrected chi connectivity index (χ3v) is 2.18. The number of rotatable bonds is 4. The van der Waals surface area contributed by atoms with E-state index in [9.17, 15) is 0 Å². The summed E-state index contributed by atoms with van der Waals surface area (Å²) < 4.78 is 0. The average molecular weight is 194 g/mol. The molecule has 1 aliphatic rings. The van der Waals surface area contributed by atoms with E-state index >= 15 is 0 Å². The van der Waals surface area contributed by atoms with Crippen LogP contribution < -0.4 is 0 Å². The van der Waals surface area contributed by atoms with Gasteiger partial charge in [0.1, 0.15) is 7.11 Å². The number of hydrogen-bond acceptors (Lipinski definition) is 3. The zero-order chi connectivity index (χ0) is 10.2. The third-order valence-electron chi connectivity index (χ3n) is 2.18. The first-order chi connectivity index (χ1) is 6.86. The van der Waals surface area contributed by atoms with Crippen molar-refractivity contribution in [3.05, 3.63) is 23.8 Å². The highest BCUT2D eigenvalue weighted by molar-refractivity contribution is 5.78. The average Bonchev–Trinajstić information content (AvgIpc) is 2.24. The van der Waals surface area contributed by atoms with Crippen LogP contribution in [0.3, 0.4) is 0 Å². The monoisotopic (exact) mass is 194 g/mol. The fourth-order valence-electron chi connectivity index (χ4n) is 1.46. The Bertz CT molecular complexity index is 244. The van der Waals surface area contributed by atoms with Gasteiger partial charge < -0.3 is 4.84 Å².